The molecule has 1 amide bonds. The maximum Gasteiger partial charge on any atom is 0.269 e. The number of hydrogen-bond acceptors (Lipinski definition) is 5. The molecule has 0 atom stereocenters. The number of amides is 1. The SMILES string of the molecule is O=C(CSC(c1ccccc1)c1ccccc1)N1CCN(c2ccc([N+](=O)[O-])cc2)CC1. The lowest BCUT2D eigenvalue weighted by molar-refractivity contribution is -0.384. The van der Waals surface area contributed by atoms with Crippen LogP contribution in [0.1, 0.15) is 16.4 Å². The number of carbonyl (C=O) groups is 1. The number of benzene rings is 3. The quantitative estimate of drug-likeness (QED) is 0.386. The van der Waals surface area contributed by atoms with Gasteiger partial charge in [0.25, 0.3) is 5.69 Å². The summed E-state index contributed by atoms with van der Waals surface area (Å²) in [6, 6.07) is 27.2. The van der Waals surface area contributed by atoms with Crippen LogP contribution in [0.4, 0.5) is 11.4 Å². The Labute approximate surface area is 192 Å². The van der Waals surface area contributed by atoms with Gasteiger partial charge in [-0.3, -0.25) is 14.9 Å². The number of nitro groups is 1. The molecule has 0 saturated carbocycles. The van der Waals surface area contributed by atoms with Crippen molar-refractivity contribution in [1.82, 2.24) is 4.90 Å². The lowest BCUT2D eigenvalue weighted by Gasteiger charge is -2.36. The Morgan fingerprint density at radius 1 is 0.844 bits per heavy atom. The number of non-ortho nitro benzene ring substituents is 1. The average molecular weight is 448 g/mol. The predicted octanol–water partition coefficient (Wildman–Crippen LogP) is 4.77. The topological polar surface area (TPSA) is 66.7 Å². The van der Waals surface area contributed by atoms with E-state index < -0.39 is 4.92 Å². The second-order valence-electron chi connectivity index (χ2n) is 7.65. The number of anilines is 1. The van der Waals surface area contributed by atoms with Crippen LogP contribution < -0.4 is 4.90 Å². The Morgan fingerprint density at radius 2 is 1.38 bits per heavy atom. The highest BCUT2D eigenvalue weighted by atomic mass is 32.2. The van der Waals surface area contributed by atoms with E-state index in [9.17, 15) is 14.9 Å². The fourth-order valence-electron chi connectivity index (χ4n) is 3.89. The first-order valence-electron chi connectivity index (χ1n) is 10.6. The molecule has 0 aliphatic carbocycles. The zero-order valence-corrected chi connectivity index (χ0v) is 18.5. The molecular formula is C25H25N3O3S. The summed E-state index contributed by atoms with van der Waals surface area (Å²) in [6.07, 6.45) is 0. The number of nitrogens with zero attached hydrogens (tertiary/aromatic N) is 3. The van der Waals surface area contributed by atoms with E-state index in [1.807, 2.05) is 41.3 Å². The van der Waals surface area contributed by atoms with Crippen LogP contribution in [0.5, 0.6) is 0 Å². The van der Waals surface area contributed by atoms with Gasteiger partial charge in [-0.2, -0.15) is 0 Å². The van der Waals surface area contributed by atoms with E-state index in [1.165, 1.54) is 23.3 Å². The monoisotopic (exact) mass is 447 g/mol. The Morgan fingerprint density at radius 3 is 1.88 bits per heavy atom. The molecule has 1 heterocycles. The van der Waals surface area contributed by atoms with Gasteiger partial charge in [0.15, 0.2) is 0 Å². The number of piperazine rings is 1. The standard InChI is InChI=1S/C25H25N3O3S/c29-24(19-32-25(20-7-3-1-4-8-20)21-9-5-2-6-10-21)27-17-15-26(16-18-27)22-11-13-23(14-12-22)28(30)31/h1-14,25H,15-19H2. The second-order valence-corrected chi connectivity index (χ2v) is 8.75. The zero-order valence-electron chi connectivity index (χ0n) is 17.7. The summed E-state index contributed by atoms with van der Waals surface area (Å²) < 4.78 is 0. The fraction of sp³-hybridized carbons (Fsp3) is 0.240. The number of rotatable bonds is 7. The van der Waals surface area contributed by atoms with Gasteiger partial charge in [-0.05, 0) is 23.3 Å². The minimum Gasteiger partial charge on any atom is -0.368 e. The van der Waals surface area contributed by atoms with Gasteiger partial charge >= 0.3 is 0 Å². The van der Waals surface area contributed by atoms with Crippen molar-refractivity contribution >= 4 is 29.0 Å². The van der Waals surface area contributed by atoms with Crippen molar-refractivity contribution in [2.75, 3.05) is 36.8 Å². The van der Waals surface area contributed by atoms with Crippen molar-refractivity contribution in [2.24, 2.45) is 0 Å². The largest absolute Gasteiger partial charge is 0.368 e. The van der Waals surface area contributed by atoms with Crippen LogP contribution in [-0.2, 0) is 4.79 Å². The number of nitro benzene ring substituents is 1. The van der Waals surface area contributed by atoms with E-state index in [0.29, 0.717) is 18.8 Å². The van der Waals surface area contributed by atoms with Crippen molar-refractivity contribution in [2.45, 2.75) is 5.25 Å². The third-order valence-corrected chi connectivity index (χ3v) is 6.93. The lowest BCUT2D eigenvalue weighted by atomic mass is 10.0. The summed E-state index contributed by atoms with van der Waals surface area (Å²) in [5.41, 5.74) is 3.43. The molecule has 7 heteroatoms. The van der Waals surface area contributed by atoms with Crippen LogP contribution in [0.3, 0.4) is 0 Å². The maximum atomic E-state index is 12.9. The molecule has 0 spiro atoms. The first kappa shape index (κ1) is 21.9. The van der Waals surface area contributed by atoms with Crippen LogP contribution >= 0.6 is 11.8 Å². The Hall–Kier alpha value is -3.32. The minimum atomic E-state index is -0.393. The summed E-state index contributed by atoms with van der Waals surface area (Å²) in [5, 5.41) is 11.0. The molecule has 0 aromatic heterocycles. The second kappa shape index (κ2) is 10.3. The molecule has 164 valence electrons. The molecule has 0 unspecified atom stereocenters. The van der Waals surface area contributed by atoms with Gasteiger partial charge in [-0.25, -0.2) is 0 Å². The van der Waals surface area contributed by atoms with E-state index >= 15 is 0 Å². The van der Waals surface area contributed by atoms with Crippen LogP contribution in [-0.4, -0.2) is 47.7 Å². The fourth-order valence-corrected chi connectivity index (χ4v) is 5.08. The zero-order chi connectivity index (χ0) is 22.3. The van der Waals surface area contributed by atoms with Gasteiger partial charge in [0, 0.05) is 44.0 Å². The molecule has 0 bridgehead atoms. The summed E-state index contributed by atoms with van der Waals surface area (Å²) >= 11 is 1.66. The van der Waals surface area contributed by atoms with Crippen LogP contribution in [0.2, 0.25) is 0 Å². The van der Waals surface area contributed by atoms with Gasteiger partial charge in [0.2, 0.25) is 5.91 Å². The molecule has 32 heavy (non-hydrogen) atoms. The van der Waals surface area contributed by atoms with Crippen molar-refractivity contribution < 1.29 is 9.72 Å². The van der Waals surface area contributed by atoms with Crippen molar-refractivity contribution in [3.8, 4) is 0 Å². The normalized spacial score (nSPS) is 13.9. The predicted molar refractivity (Wildman–Crippen MR) is 129 cm³/mol. The molecule has 6 nitrogen and oxygen atoms in total. The van der Waals surface area contributed by atoms with E-state index in [4.69, 9.17) is 0 Å². The third kappa shape index (κ3) is 5.29. The molecule has 1 fully saturated rings. The average Bonchev–Trinajstić information content (AvgIpc) is 2.85. The smallest absolute Gasteiger partial charge is 0.269 e. The van der Waals surface area contributed by atoms with E-state index in [2.05, 4.69) is 29.2 Å². The van der Waals surface area contributed by atoms with Crippen LogP contribution in [0.25, 0.3) is 0 Å². The summed E-state index contributed by atoms with van der Waals surface area (Å²) in [6.45, 7) is 2.74. The molecular weight excluding hydrogens is 422 g/mol. The Bertz CT molecular complexity index is 998. The van der Waals surface area contributed by atoms with Gasteiger partial charge < -0.3 is 9.80 Å². The molecule has 1 saturated heterocycles. The highest BCUT2D eigenvalue weighted by Crippen LogP contribution is 2.35. The molecule has 1 aliphatic rings. The molecule has 3 aromatic rings. The van der Waals surface area contributed by atoms with E-state index in [1.54, 1.807) is 23.9 Å². The van der Waals surface area contributed by atoms with Gasteiger partial charge in [-0.15, -0.1) is 11.8 Å². The Kier molecular flexibility index (Phi) is 7.07. The number of thioether (sulfide) groups is 1. The first-order chi connectivity index (χ1) is 15.6. The minimum absolute atomic E-state index is 0.0889. The maximum absolute atomic E-state index is 12.9. The number of carbonyl (C=O) groups excluding carboxylic acids is 1. The highest BCUT2D eigenvalue weighted by molar-refractivity contribution is 8.00. The highest BCUT2D eigenvalue weighted by Gasteiger charge is 2.23. The molecule has 4 rings (SSSR count). The molecule has 3 aromatic carbocycles. The lowest BCUT2D eigenvalue weighted by Crippen LogP contribution is -2.49. The van der Waals surface area contributed by atoms with Gasteiger partial charge in [0.05, 0.1) is 15.9 Å². The summed E-state index contributed by atoms with van der Waals surface area (Å²) in [4.78, 5) is 27.5. The Balaban J connectivity index is 1.34. The van der Waals surface area contributed by atoms with Crippen molar-refractivity contribution in [1.29, 1.82) is 0 Å². The molecule has 1 aliphatic heterocycles. The number of hydrogen-bond donors (Lipinski definition) is 0. The van der Waals surface area contributed by atoms with Crippen LogP contribution in [0, 0.1) is 10.1 Å². The first-order valence-corrected chi connectivity index (χ1v) is 11.7. The van der Waals surface area contributed by atoms with Crippen molar-refractivity contribution in [3.05, 3.63) is 106 Å². The third-order valence-electron chi connectivity index (χ3n) is 5.64. The molecule has 0 radical (unpaired) electrons. The summed E-state index contributed by atoms with van der Waals surface area (Å²) in [5.74, 6) is 0.571. The van der Waals surface area contributed by atoms with Crippen molar-refractivity contribution in [3.63, 3.8) is 0 Å². The van der Waals surface area contributed by atoms with E-state index in [0.717, 1.165) is 18.8 Å². The van der Waals surface area contributed by atoms with Crippen LogP contribution in [0.15, 0.2) is 84.9 Å². The molecule has 0 N–H and O–H groups in total. The van der Waals surface area contributed by atoms with Gasteiger partial charge in [0.1, 0.15) is 0 Å². The van der Waals surface area contributed by atoms with Gasteiger partial charge in [-0.1, -0.05) is 60.7 Å². The van der Waals surface area contributed by atoms with E-state index in [-0.39, 0.29) is 16.8 Å². The summed E-state index contributed by atoms with van der Waals surface area (Å²) in [7, 11) is 0.